The highest BCUT2D eigenvalue weighted by Gasteiger charge is 1.98. The van der Waals surface area contributed by atoms with E-state index < -0.39 is 0 Å². The van der Waals surface area contributed by atoms with Gasteiger partial charge in [0, 0.05) is 12.3 Å². The fourth-order valence-corrected chi connectivity index (χ4v) is 0.878. The molecule has 60 valence electrons. The molecule has 0 aliphatic heterocycles. The Morgan fingerprint density at radius 1 is 1.73 bits per heavy atom. The van der Waals surface area contributed by atoms with E-state index in [-0.39, 0.29) is 0 Å². The summed E-state index contributed by atoms with van der Waals surface area (Å²) in [7, 11) is 0. The molecule has 0 bridgehead atoms. The maximum Gasteiger partial charge on any atom is 0.215 e. The number of hydrogen-bond donors (Lipinski definition) is 1. The molecule has 1 aromatic heterocycles. The number of nitrogen functional groups attached to an aromatic ring is 1. The van der Waals surface area contributed by atoms with Gasteiger partial charge in [-0.05, 0) is 22.9 Å². The third-order valence-corrected chi connectivity index (χ3v) is 1.81. The number of nitrogens with zero attached hydrogens (tertiary/aromatic N) is 1. The van der Waals surface area contributed by atoms with Crippen molar-refractivity contribution in [1.82, 2.24) is 4.98 Å². The first-order valence-electron chi connectivity index (χ1n) is 3.28. The summed E-state index contributed by atoms with van der Waals surface area (Å²) in [4.78, 5) is 3.98. The number of halogens is 1. The van der Waals surface area contributed by atoms with Gasteiger partial charge in [-0.1, -0.05) is 0 Å². The second-order valence-corrected chi connectivity index (χ2v) is 2.83. The van der Waals surface area contributed by atoms with E-state index in [2.05, 4.69) is 20.9 Å². The lowest BCUT2D eigenvalue weighted by Crippen LogP contribution is -1.96. The van der Waals surface area contributed by atoms with Crippen LogP contribution >= 0.6 is 15.9 Å². The van der Waals surface area contributed by atoms with E-state index in [1.165, 1.54) is 0 Å². The zero-order valence-corrected chi connectivity index (χ0v) is 7.76. The quantitative estimate of drug-likeness (QED) is 0.821. The van der Waals surface area contributed by atoms with Crippen molar-refractivity contribution in [2.75, 3.05) is 12.3 Å². The van der Waals surface area contributed by atoms with Crippen LogP contribution in [-0.4, -0.2) is 11.6 Å². The standard InChI is InChI=1S/C7H9BrN2O/c1-2-11-7-3-6(9)5(8)4-10-7/h3-4H,2H2,1H3,(H2,9,10). The zero-order valence-electron chi connectivity index (χ0n) is 6.17. The molecule has 0 spiro atoms. The van der Waals surface area contributed by atoms with E-state index >= 15 is 0 Å². The summed E-state index contributed by atoms with van der Waals surface area (Å²) in [5.41, 5.74) is 6.23. The van der Waals surface area contributed by atoms with Crippen molar-refractivity contribution in [2.24, 2.45) is 0 Å². The monoisotopic (exact) mass is 216 g/mol. The normalized spacial score (nSPS) is 9.64. The Balaban J connectivity index is 2.86. The molecule has 3 nitrogen and oxygen atoms in total. The molecule has 0 aliphatic rings. The third-order valence-electron chi connectivity index (χ3n) is 1.15. The van der Waals surface area contributed by atoms with Gasteiger partial charge in [-0.3, -0.25) is 0 Å². The topological polar surface area (TPSA) is 48.1 Å². The average molecular weight is 217 g/mol. The summed E-state index contributed by atoms with van der Waals surface area (Å²) in [5.74, 6) is 0.563. The first kappa shape index (κ1) is 8.33. The van der Waals surface area contributed by atoms with Crippen LogP contribution in [0.3, 0.4) is 0 Å². The molecule has 0 fully saturated rings. The smallest absolute Gasteiger partial charge is 0.215 e. The molecule has 2 N–H and O–H groups in total. The van der Waals surface area contributed by atoms with Crippen molar-refractivity contribution in [1.29, 1.82) is 0 Å². The van der Waals surface area contributed by atoms with Crippen LogP contribution in [0.15, 0.2) is 16.7 Å². The zero-order chi connectivity index (χ0) is 8.27. The molecule has 4 heteroatoms. The Bertz CT molecular complexity index is 252. The first-order valence-corrected chi connectivity index (χ1v) is 4.07. The van der Waals surface area contributed by atoms with Gasteiger partial charge in [0.15, 0.2) is 0 Å². The van der Waals surface area contributed by atoms with Crippen LogP contribution < -0.4 is 10.5 Å². The SMILES string of the molecule is CCOc1cc(N)c(Br)cn1. The molecule has 11 heavy (non-hydrogen) atoms. The predicted molar refractivity (Wildman–Crippen MR) is 47.5 cm³/mol. The molecule has 0 radical (unpaired) electrons. The highest BCUT2D eigenvalue weighted by Crippen LogP contribution is 2.21. The Labute approximate surface area is 73.7 Å². The summed E-state index contributed by atoms with van der Waals surface area (Å²) in [6.07, 6.45) is 1.63. The highest BCUT2D eigenvalue weighted by atomic mass is 79.9. The number of anilines is 1. The molecule has 1 aromatic rings. The Hall–Kier alpha value is -0.770. The Morgan fingerprint density at radius 3 is 3.00 bits per heavy atom. The minimum absolute atomic E-state index is 0.563. The molecule has 1 rings (SSSR count). The molecule has 0 unspecified atom stereocenters. The van der Waals surface area contributed by atoms with Gasteiger partial charge in [0.2, 0.25) is 5.88 Å². The molecular formula is C7H9BrN2O. The number of nitrogens with two attached hydrogens (primary N) is 1. The maximum atomic E-state index is 5.58. The number of aromatic nitrogens is 1. The largest absolute Gasteiger partial charge is 0.478 e. The van der Waals surface area contributed by atoms with E-state index in [9.17, 15) is 0 Å². The van der Waals surface area contributed by atoms with E-state index in [1.807, 2.05) is 6.92 Å². The van der Waals surface area contributed by atoms with Crippen molar-refractivity contribution in [2.45, 2.75) is 6.92 Å². The Morgan fingerprint density at radius 2 is 2.45 bits per heavy atom. The van der Waals surface area contributed by atoms with Gasteiger partial charge >= 0.3 is 0 Å². The lowest BCUT2D eigenvalue weighted by Gasteiger charge is -2.02. The minimum Gasteiger partial charge on any atom is -0.478 e. The molecule has 1 heterocycles. The molecule has 0 aliphatic carbocycles. The van der Waals surface area contributed by atoms with E-state index in [1.54, 1.807) is 12.3 Å². The van der Waals surface area contributed by atoms with E-state index in [0.29, 0.717) is 18.2 Å². The fourth-order valence-electron chi connectivity index (χ4n) is 0.661. The minimum atomic E-state index is 0.563. The van der Waals surface area contributed by atoms with Gasteiger partial charge < -0.3 is 10.5 Å². The number of pyridine rings is 1. The van der Waals surface area contributed by atoms with Crippen LogP contribution in [0.25, 0.3) is 0 Å². The van der Waals surface area contributed by atoms with Crippen LogP contribution in [0.1, 0.15) is 6.92 Å². The maximum absolute atomic E-state index is 5.58. The third kappa shape index (κ3) is 2.08. The van der Waals surface area contributed by atoms with Crippen molar-refractivity contribution >= 4 is 21.6 Å². The second-order valence-electron chi connectivity index (χ2n) is 1.98. The highest BCUT2D eigenvalue weighted by molar-refractivity contribution is 9.10. The number of ether oxygens (including phenoxy) is 1. The van der Waals surface area contributed by atoms with Gasteiger partial charge in [0.25, 0.3) is 0 Å². The van der Waals surface area contributed by atoms with Gasteiger partial charge in [-0.25, -0.2) is 4.98 Å². The van der Waals surface area contributed by atoms with Crippen LogP contribution in [-0.2, 0) is 0 Å². The molecule has 0 aromatic carbocycles. The van der Waals surface area contributed by atoms with Gasteiger partial charge in [0.05, 0.1) is 16.8 Å². The lowest BCUT2D eigenvalue weighted by atomic mass is 10.4. The fraction of sp³-hybridized carbons (Fsp3) is 0.286. The van der Waals surface area contributed by atoms with Crippen molar-refractivity contribution < 1.29 is 4.74 Å². The summed E-state index contributed by atoms with van der Waals surface area (Å²) < 4.78 is 5.92. The Kier molecular flexibility index (Phi) is 2.70. The summed E-state index contributed by atoms with van der Waals surface area (Å²) in [5, 5.41) is 0. The second kappa shape index (κ2) is 3.57. The van der Waals surface area contributed by atoms with Crippen molar-refractivity contribution in [3.8, 4) is 5.88 Å². The number of rotatable bonds is 2. The number of hydrogen-bond acceptors (Lipinski definition) is 3. The average Bonchev–Trinajstić information content (AvgIpc) is 1.98. The summed E-state index contributed by atoms with van der Waals surface area (Å²) >= 11 is 3.24. The summed E-state index contributed by atoms with van der Waals surface area (Å²) in [6.45, 7) is 2.51. The van der Waals surface area contributed by atoms with Crippen LogP contribution in [0.5, 0.6) is 5.88 Å². The van der Waals surface area contributed by atoms with Crippen LogP contribution in [0.2, 0.25) is 0 Å². The van der Waals surface area contributed by atoms with Gasteiger partial charge in [-0.2, -0.15) is 0 Å². The summed E-state index contributed by atoms with van der Waals surface area (Å²) in [6, 6.07) is 1.69. The molecule has 0 amide bonds. The van der Waals surface area contributed by atoms with Crippen molar-refractivity contribution in [3.05, 3.63) is 16.7 Å². The van der Waals surface area contributed by atoms with Gasteiger partial charge in [-0.15, -0.1) is 0 Å². The van der Waals surface area contributed by atoms with E-state index in [0.717, 1.165) is 4.47 Å². The molecule has 0 atom stereocenters. The van der Waals surface area contributed by atoms with Gasteiger partial charge in [0.1, 0.15) is 0 Å². The van der Waals surface area contributed by atoms with Crippen LogP contribution in [0.4, 0.5) is 5.69 Å². The lowest BCUT2D eigenvalue weighted by molar-refractivity contribution is 0.327. The molecule has 0 saturated heterocycles. The van der Waals surface area contributed by atoms with Crippen LogP contribution in [0, 0.1) is 0 Å². The molecular weight excluding hydrogens is 208 g/mol. The first-order chi connectivity index (χ1) is 5.24. The van der Waals surface area contributed by atoms with Crippen molar-refractivity contribution in [3.63, 3.8) is 0 Å². The van der Waals surface area contributed by atoms with E-state index in [4.69, 9.17) is 10.5 Å². The molecule has 0 saturated carbocycles. The predicted octanol–water partition coefficient (Wildman–Crippen LogP) is 1.82.